The summed E-state index contributed by atoms with van der Waals surface area (Å²) in [6.07, 6.45) is 9.79. The maximum absolute atomic E-state index is 3.73. The Hall–Kier alpha value is -0.760. The number of rotatable bonds is 3. The van der Waals surface area contributed by atoms with E-state index in [0.717, 1.165) is 6.54 Å². The molecule has 1 unspecified atom stereocenters. The molecule has 16 heavy (non-hydrogen) atoms. The molecule has 1 saturated carbocycles. The van der Waals surface area contributed by atoms with Crippen molar-refractivity contribution in [1.29, 1.82) is 0 Å². The molecule has 1 aromatic rings. The zero-order valence-corrected chi connectivity index (χ0v) is 10.8. The van der Waals surface area contributed by atoms with Crippen molar-refractivity contribution in [3.05, 3.63) is 24.0 Å². The molecular formula is C14H24N2. The van der Waals surface area contributed by atoms with Gasteiger partial charge in [0.2, 0.25) is 0 Å². The Morgan fingerprint density at radius 3 is 2.88 bits per heavy atom. The van der Waals surface area contributed by atoms with Gasteiger partial charge in [-0.05, 0) is 29.9 Å². The normalized spacial score (nSPS) is 24.6. The molecule has 1 aromatic heterocycles. The van der Waals surface area contributed by atoms with Crippen LogP contribution in [0.1, 0.15) is 45.1 Å². The molecule has 2 nitrogen and oxygen atoms in total. The van der Waals surface area contributed by atoms with Crippen molar-refractivity contribution in [2.45, 2.75) is 52.1 Å². The van der Waals surface area contributed by atoms with E-state index in [0.29, 0.717) is 11.5 Å². The number of aryl methyl sites for hydroxylation is 1. The molecular weight excluding hydrogens is 196 g/mol. The second-order valence-corrected chi connectivity index (χ2v) is 5.85. The van der Waals surface area contributed by atoms with Gasteiger partial charge in [-0.3, -0.25) is 0 Å². The molecule has 0 saturated heterocycles. The van der Waals surface area contributed by atoms with Gasteiger partial charge in [0.05, 0.1) is 0 Å². The monoisotopic (exact) mass is 220 g/mol. The van der Waals surface area contributed by atoms with Gasteiger partial charge >= 0.3 is 0 Å². The highest BCUT2D eigenvalue weighted by atomic mass is 14.9. The van der Waals surface area contributed by atoms with Gasteiger partial charge in [-0.2, -0.15) is 0 Å². The van der Waals surface area contributed by atoms with Crippen molar-refractivity contribution in [3.63, 3.8) is 0 Å². The number of nitrogens with zero attached hydrogens (tertiary/aromatic N) is 1. The minimum atomic E-state index is 0.465. The quantitative estimate of drug-likeness (QED) is 0.828. The van der Waals surface area contributed by atoms with E-state index in [1.165, 1.54) is 31.2 Å². The van der Waals surface area contributed by atoms with Crippen LogP contribution in [0.25, 0.3) is 0 Å². The van der Waals surface area contributed by atoms with Crippen molar-refractivity contribution >= 4 is 0 Å². The molecule has 0 amide bonds. The zero-order valence-electron chi connectivity index (χ0n) is 10.8. The van der Waals surface area contributed by atoms with Gasteiger partial charge in [-0.1, -0.05) is 26.7 Å². The predicted octanol–water partition coefficient (Wildman–Crippen LogP) is 3.08. The number of nitrogens with one attached hydrogen (secondary N) is 1. The topological polar surface area (TPSA) is 17.0 Å². The molecule has 2 heteroatoms. The molecule has 1 aliphatic carbocycles. The van der Waals surface area contributed by atoms with Crippen molar-refractivity contribution in [3.8, 4) is 0 Å². The lowest BCUT2D eigenvalue weighted by molar-refractivity contribution is 0.167. The van der Waals surface area contributed by atoms with Gasteiger partial charge in [0.25, 0.3) is 0 Å². The third-order valence-corrected chi connectivity index (χ3v) is 3.95. The minimum Gasteiger partial charge on any atom is -0.357 e. The third-order valence-electron chi connectivity index (χ3n) is 3.95. The molecule has 0 spiro atoms. The molecule has 90 valence electrons. The summed E-state index contributed by atoms with van der Waals surface area (Å²) in [7, 11) is 2.08. The molecule has 0 aliphatic heterocycles. The van der Waals surface area contributed by atoms with Gasteiger partial charge in [0.15, 0.2) is 0 Å². The van der Waals surface area contributed by atoms with Crippen molar-refractivity contribution in [2.24, 2.45) is 12.5 Å². The Morgan fingerprint density at radius 1 is 1.44 bits per heavy atom. The molecule has 1 N–H and O–H groups in total. The van der Waals surface area contributed by atoms with Crippen LogP contribution < -0.4 is 5.32 Å². The van der Waals surface area contributed by atoms with Crippen molar-refractivity contribution in [2.75, 3.05) is 0 Å². The molecule has 1 fully saturated rings. The van der Waals surface area contributed by atoms with Crippen LogP contribution in [0.2, 0.25) is 0 Å². The molecule has 1 atom stereocenters. The molecule has 1 aliphatic rings. The van der Waals surface area contributed by atoms with E-state index in [2.05, 4.69) is 49.2 Å². The van der Waals surface area contributed by atoms with E-state index in [1.54, 1.807) is 0 Å². The van der Waals surface area contributed by atoms with Gasteiger partial charge in [-0.25, -0.2) is 0 Å². The summed E-state index contributed by atoms with van der Waals surface area (Å²) in [5.74, 6) is 0. The fraction of sp³-hybridized carbons (Fsp3) is 0.714. The average Bonchev–Trinajstić information content (AvgIpc) is 2.62. The largest absolute Gasteiger partial charge is 0.357 e. The molecule has 0 bridgehead atoms. The van der Waals surface area contributed by atoms with Crippen LogP contribution in [0.4, 0.5) is 0 Å². The molecule has 0 aromatic carbocycles. The highest BCUT2D eigenvalue weighted by molar-refractivity contribution is 5.09. The maximum Gasteiger partial charge on any atom is 0.0223 e. The number of hydrogen-bond acceptors (Lipinski definition) is 1. The lowest BCUT2D eigenvalue weighted by Crippen LogP contribution is -2.43. The Morgan fingerprint density at radius 2 is 2.25 bits per heavy atom. The summed E-state index contributed by atoms with van der Waals surface area (Å²) in [5.41, 5.74) is 1.86. The summed E-state index contributed by atoms with van der Waals surface area (Å²) in [5, 5.41) is 3.73. The second kappa shape index (κ2) is 4.62. The first-order valence-electron chi connectivity index (χ1n) is 6.42. The fourth-order valence-electron chi connectivity index (χ4n) is 2.78. The number of hydrogen-bond donors (Lipinski definition) is 1. The summed E-state index contributed by atoms with van der Waals surface area (Å²) in [4.78, 5) is 0. The first-order chi connectivity index (χ1) is 7.58. The van der Waals surface area contributed by atoms with Crippen molar-refractivity contribution in [1.82, 2.24) is 9.88 Å². The number of aromatic nitrogens is 1. The van der Waals surface area contributed by atoms with Crippen LogP contribution in [0, 0.1) is 5.41 Å². The third kappa shape index (κ3) is 2.67. The van der Waals surface area contributed by atoms with E-state index >= 15 is 0 Å². The minimum absolute atomic E-state index is 0.465. The van der Waals surface area contributed by atoms with E-state index in [1.807, 2.05) is 0 Å². The van der Waals surface area contributed by atoms with Crippen LogP contribution >= 0.6 is 0 Å². The van der Waals surface area contributed by atoms with Gasteiger partial charge in [0, 0.05) is 32.0 Å². The van der Waals surface area contributed by atoms with E-state index < -0.39 is 0 Å². The predicted molar refractivity (Wildman–Crippen MR) is 68.3 cm³/mol. The smallest absolute Gasteiger partial charge is 0.0223 e. The molecule has 1 heterocycles. The van der Waals surface area contributed by atoms with Gasteiger partial charge < -0.3 is 9.88 Å². The Balaban J connectivity index is 1.89. The first kappa shape index (κ1) is 11.7. The Kier molecular flexibility index (Phi) is 3.38. The molecule has 2 rings (SSSR count). The Bertz CT molecular complexity index is 338. The summed E-state index contributed by atoms with van der Waals surface area (Å²) >= 11 is 0. The first-order valence-corrected chi connectivity index (χ1v) is 6.42. The van der Waals surface area contributed by atoms with E-state index in [9.17, 15) is 0 Å². The maximum atomic E-state index is 3.73. The van der Waals surface area contributed by atoms with Crippen molar-refractivity contribution < 1.29 is 0 Å². The van der Waals surface area contributed by atoms with Gasteiger partial charge in [-0.15, -0.1) is 0 Å². The van der Waals surface area contributed by atoms with Crippen LogP contribution in [0.15, 0.2) is 18.5 Å². The summed E-state index contributed by atoms with van der Waals surface area (Å²) in [6, 6.07) is 2.88. The average molecular weight is 220 g/mol. The van der Waals surface area contributed by atoms with Crippen LogP contribution in [0.3, 0.4) is 0 Å². The lowest BCUT2D eigenvalue weighted by atomic mass is 9.73. The van der Waals surface area contributed by atoms with Gasteiger partial charge in [0.1, 0.15) is 0 Å². The van der Waals surface area contributed by atoms with E-state index in [-0.39, 0.29) is 0 Å². The van der Waals surface area contributed by atoms with Crippen LogP contribution in [0.5, 0.6) is 0 Å². The van der Waals surface area contributed by atoms with Crippen LogP contribution in [-0.2, 0) is 13.6 Å². The summed E-state index contributed by atoms with van der Waals surface area (Å²) in [6.45, 7) is 5.80. The standard InChI is InChI=1S/C14H24N2/c1-14(2)8-5-4-6-13(14)15-10-12-7-9-16(3)11-12/h7,9,11,13,15H,4-6,8,10H2,1-3H3. The fourth-order valence-corrected chi connectivity index (χ4v) is 2.78. The Labute approximate surface area is 99.0 Å². The highest BCUT2D eigenvalue weighted by Crippen LogP contribution is 2.35. The second-order valence-electron chi connectivity index (χ2n) is 5.85. The SMILES string of the molecule is Cn1ccc(CNC2CCCCC2(C)C)c1. The highest BCUT2D eigenvalue weighted by Gasteiger charge is 2.31. The summed E-state index contributed by atoms with van der Waals surface area (Å²) < 4.78 is 2.11. The zero-order chi connectivity index (χ0) is 11.6. The van der Waals surface area contributed by atoms with E-state index in [4.69, 9.17) is 0 Å². The molecule has 0 radical (unpaired) electrons. The lowest BCUT2D eigenvalue weighted by Gasteiger charge is -2.39. The van der Waals surface area contributed by atoms with Crippen LogP contribution in [-0.4, -0.2) is 10.6 Å².